The van der Waals surface area contributed by atoms with Gasteiger partial charge in [-0.1, -0.05) is 41.6 Å². The summed E-state index contributed by atoms with van der Waals surface area (Å²) in [5, 5.41) is 9.72. The molecule has 7 heteroatoms. The Labute approximate surface area is 169 Å². The number of thioether (sulfide) groups is 1. The zero-order chi connectivity index (χ0) is 20.1. The minimum Gasteiger partial charge on any atom is -0.493 e. The highest BCUT2D eigenvalue weighted by molar-refractivity contribution is 7.98. The van der Waals surface area contributed by atoms with E-state index in [2.05, 4.69) is 52.9 Å². The van der Waals surface area contributed by atoms with Crippen molar-refractivity contribution in [3.63, 3.8) is 0 Å². The maximum absolute atomic E-state index is 5.47. The Balaban J connectivity index is 1.92. The van der Waals surface area contributed by atoms with Crippen LogP contribution in [0, 0.1) is 6.92 Å². The smallest absolute Gasteiger partial charge is 0.203 e. The second-order valence-electron chi connectivity index (χ2n) is 6.24. The molecule has 0 atom stereocenters. The molecule has 1 heterocycles. The minimum absolute atomic E-state index is 0.560. The lowest BCUT2D eigenvalue weighted by molar-refractivity contribution is 0.324. The van der Waals surface area contributed by atoms with Gasteiger partial charge in [0.15, 0.2) is 22.5 Å². The van der Waals surface area contributed by atoms with E-state index in [1.165, 1.54) is 11.1 Å². The third-order valence-electron chi connectivity index (χ3n) is 4.44. The fraction of sp³-hybridized carbons (Fsp3) is 0.333. The summed E-state index contributed by atoms with van der Waals surface area (Å²) in [5.41, 5.74) is 3.39. The maximum Gasteiger partial charge on any atom is 0.203 e. The van der Waals surface area contributed by atoms with E-state index in [9.17, 15) is 0 Å². The summed E-state index contributed by atoms with van der Waals surface area (Å²) in [7, 11) is 4.80. The summed E-state index contributed by atoms with van der Waals surface area (Å²) in [6.07, 6.45) is 0. The number of ether oxygens (including phenoxy) is 3. The average Bonchev–Trinajstić information content (AvgIpc) is 3.15. The highest BCUT2D eigenvalue weighted by Crippen LogP contribution is 2.41. The van der Waals surface area contributed by atoms with E-state index in [4.69, 9.17) is 14.2 Å². The van der Waals surface area contributed by atoms with Crippen LogP contribution in [-0.4, -0.2) is 36.1 Å². The second-order valence-corrected chi connectivity index (χ2v) is 7.18. The van der Waals surface area contributed by atoms with Gasteiger partial charge in [0.05, 0.1) is 21.3 Å². The van der Waals surface area contributed by atoms with Crippen molar-refractivity contribution in [2.24, 2.45) is 0 Å². The third-order valence-corrected chi connectivity index (χ3v) is 5.48. The monoisotopic (exact) mass is 399 g/mol. The number of methoxy groups -OCH3 is 3. The van der Waals surface area contributed by atoms with Crippen LogP contribution in [-0.2, 0) is 12.3 Å². The number of rotatable bonds is 8. The quantitative estimate of drug-likeness (QED) is 0.516. The Morgan fingerprint density at radius 3 is 2.11 bits per heavy atom. The molecule has 3 rings (SSSR count). The molecule has 0 amide bonds. The molecule has 0 bridgehead atoms. The summed E-state index contributed by atoms with van der Waals surface area (Å²) in [4.78, 5) is 0. The minimum atomic E-state index is 0.560. The molecule has 2 aromatic carbocycles. The molecular weight excluding hydrogens is 374 g/mol. The number of hydrogen-bond donors (Lipinski definition) is 0. The van der Waals surface area contributed by atoms with E-state index in [0.717, 1.165) is 28.8 Å². The fourth-order valence-electron chi connectivity index (χ4n) is 2.94. The largest absolute Gasteiger partial charge is 0.493 e. The number of hydrogen-bond acceptors (Lipinski definition) is 6. The second kappa shape index (κ2) is 9.01. The fourth-order valence-corrected chi connectivity index (χ4v) is 3.89. The highest BCUT2D eigenvalue weighted by atomic mass is 32.2. The van der Waals surface area contributed by atoms with E-state index in [1.54, 1.807) is 33.1 Å². The highest BCUT2D eigenvalue weighted by Gasteiger charge is 2.19. The number of nitrogens with zero attached hydrogens (tertiary/aromatic N) is 3. The standard InChI is InChI=1S/C21H25N3O3S/c1-6-24-20(16-11-17(25-3)19(27-5)18(12-16)26-4)22-23-21(24)28-13-15-9-7-14(2)8-10-15/h7-12H,6,13H2,1-5H3. The van der Waals surface area contributed by atoms with Gasteiger partial charge in [-0.25, -0.2) is 0 Å². The first-order valence-corrected chi connectivity index (χ1v) is 10.0. The van der Waals surface area contributed by atoms with Crippen LogP contribution in [0.15, 0.2) is 41.6 Å². The van der Waals surface area contributed by atoms with Crippen molar-refractivity contribution in [3.8, 4) is 28.6 Å². The van der Waals surface area contributed by atoms with Gasteiger partial charge in [-0.15, -0.1) is 10.2 Å². The van der Waals surface area contributed by atoms with Gasteiger partial charge in [-0.05, 0) is 31.5 Å². The van der Waals surface area contributed by atoms with Crippen LogP contribution >= 0.6 is 11.8 Å². The lowest BCUT2D eigenvalue weighted by Crippen LogP contribution is -2.01. The lowest BCUT2D eigenvalue weighted by atomic mass is 10.1. The van der Waals surface area contributed by atoms with Gasteiger partial charge in [-0.3, -0.25) is 0 Å². The van der Waals surface area contributed by atoms with Crippen LogP contribution in [0.1, 0.15) is 18.1 Å². The molecule has 0 saturated heterocycles. The van der Waals surface area contributed by atoms with Crippen molar-refractivity contribution in [2.75, 3.05) is 21.3 Å². The molecule has 0 aliphatic heterocycles. The van der Waals surface area contributed by atoms with Crippen molar-refractivity contribution in [3.05, 3.63) is 47.5 Å². The summed E-state index contributed by atoms with van der Waals surface area (Å²) in [6, 6.07) is 12.3. The van der Waals surface area contributed by atoms with Gasteiger partial charge < -0.3 is 18.8 Å². The molecule has 3 aromatic rings. The SMILES string of the molecule is CCn1c(SCc2ccc(C)cc2)nnc1-c1cc(OC)c(OC)c(OC)c1. The van der Waals surface area contributed by atoms with Gasteiger partial charge in [-0.2, -0.15) is 0 Å². The first-order chi connectivity index (χ1) is 13.6. The van der Waals surface area contributed by atoms with E-state index in [-0.39, 0.29) is 0 Å². The molecule has 0 radical (unpaired) electrons. The predicted octanol–water partition coefficient (Wildman–Crippen LogP) is 4.59. The van der Waals surface area contributed by atoms with Gasteiger partial charge >= 0.3 is 0 Å². The van der Waals surface area contributed by atoms with Crippen LogP contribution in [0.2, 0.25) is 0 Å². The number of aromatic nitrogens is 3. The Hall–Kier alpha value is -2.67. The zero-order valence-electron chi connectivity index (χ0n) is 16.9. The Bertz CT molecular complexity index is 914. The van der Waals surface area contributed by atoms with E-state index >= 15 is 0 Å². The molecule has 0 aliphatic carbocycles. The van der Waals surface area contributed by atoms with Gasteiger partial charge in [0.2, 0.25) is 5.75 Å². The van der Waals surface area contributed by atoms with Crippen molar-refractivity contribution in [1.82, 2.24) is 14.8 Å². The van der Waals surface area contributed by atoms with Crippen LogP contribution in [0.3, 0.4) is 0 Å². The molecule has 0 saturated carbocycles. The zero-order valence-corrected chi connectivity index (χ0v) is 17.7. The van der Waals surface area contributed by atoms with Crippen molar-refractivity contribution in [1.29, 1.82) is 0 Å². The lowest BCUT2D eigenvalue weighted by Gasteiger charge is -2.14. The molecule has 0 unspecified atom stereocenters. The molecule has 0 fully saturated rings. The molecule has 6 nitrogen and oxygen atoms in total. The summed E-state index contributed by atoms with van der Waals surface area (Å²) < 4.78 is 18.4. The van der Waals surface area contributed by atoms with Crippen LogP contribution in [0.4, 0.5) is 0 Å². The van der Waals surface area contributed by atoms with Crippen LogP contribution in [0.5, 0.6) is 17.2 Å². The van der Waals surface area contributed by atoms with E-state index in [1.807, 2.05) is 12.1 Å². The van der Waals surface area contributed by atoms with Crippen molar-refractivity contribution >= 4 is 11.8 Å². The van der Waals surface area contributed by atoms with Gasteiger partial charge in [0.1, 0.15) is 0 Å². The predicted molar refractivity (Wildman–Crippen MR) is 112 cm³/mol. The first-order valence-electron chi connectivity index (χ1n) is 9.03. The Morgan fingerprint density at radius 1 is 0.929 bits per heavy atom. The Kier molecular flexibility index (Phi) is 6.46. The van der Waals surface area contributed by atoms with Gasteiger partial charge in [0.25, 0.3) is 0 Å². The van der Waals surface area contributed by atoms with Gasteiger partial charge in [0, 0.05) is 17.9 Å². The molecule has 28 heavy (non-hydrogen) atoms. The molecule has 0 N–H and O–H groups in total. The number of aryl methyl sites for hydroxylation is 1. The molecule has 148 valence electrons. The first kappa shape index (κ1) is 20.1. The number of benzene rings is 2. The maximum atomic E-state index is 5.47. The molecule has 0 spiro atoms. The summed E-state index contributed by atoms with van der Waals surface area (Å²) in [5.74, 6) is 3.36. The molecule has 1 aromatic heterocycles. The van der Waals surface area contributed by atoms with E-state index in [0.29, 0.717) is 17.2 Å². The Morgan fingerprint density at radius 2 is 1.57 bits per heavy atom. The topological polar surface area (TPSA) is 58.4 Å². The summed E-state index contributed by atoms with van der Waals surface area (Å²) >= 11 is 1.68. The summed E-state index contributed by atoms with van der Waals surface area (Å²) in [6.45, 7) is 4.93. The van der Waals surface area contributed by atoms with Crippen molar-refractivity contribution in [2.45, 2.75) is 31.3 Å². The van der Waals surface area contributed by atoms with Crippen molar-refractivity contribution < 1.29 is 14.2 Å². The normalized spacial score (nSPS) is 10.8. The van der Waals surface area contributed by atoms with Crippen LogP contribution < -0.4 is 14.2 Å². The van der Waals surface area contributed by atoms with E-state index < -0.39 is 0 Å². The third kappa shape index (κ3) is 4.09. The molecular formula is C21H25N3O3S. The molecule has 0 aliphatic rings. The van der Waals surface area contributed by atoms with Crippen LogP contribution in [0.25, 0.3) is 11.4 Å². The average molecular weight is 400 g/mol.